The first-order valence-corrected chi connectivity index (χ1v) is 6.81. The summed E-state index contributed by atoms with van der Waals surface area (Å²) in [4.78, 5) is 35.3. The number of nitrogens with zero attached hydrogens (tertiary/aromatic N) is 1. The maximum absolute atomic E-state index is 11.9. The molecule has 3 amide bonds. The van der Waals surface area contributed by atoms with Crippen molar-refractivity contribution < 1.29 is 19.1 Å². The first-order valence-electron chi connectivity index (χ1n) is 5.64. The molecular weight excluding hydrogens is 351 g/mol. The number of rotatable bonds is 3. The summed E-state index contributed by atoms with van der Waals surface area (Å²) in [7, 11) is 0. The third kappa shape index (κ3) is 3.71. The van der Waals surface area contributed by atoms with E-state index in [2.05, 4.69) is 21.2 Å². The van der Waals surface area contributed by atoms with Gasteiger partial charge in [0, 0.05) is 5.02 Å². The molecule has 8 heteroatoms. The number of amides is 3. The van der Waals surface area contributed by atoms with Gasteiger partial charge in [-0.25, -0.2) is 0 Å². The predicted octanol–water partition coefficient (Wildman–Crippen LogP) is 0.966. The van der Waals surface area contributed by atoms with E-state index in [-0.39, 0.29) is 19.7 Å². The Hall–Kier alpha value is -1.60. The molecule has 1 heterocycles. The molecule has 1 aromatic carbocycles. The van der Waals surface area contributed by atoms with Crippen LogP contribution >= 0.6 is 27.5 Å². The summed E-state index contributed by atoms with van der Waals surface area (Å²) < 4.78 is 5.95. The van der Waals surface area contributed by atoms with Crippen molar-refractivity contribution in [2.24, 2.45) is 0 Å². The minimum Gasteiger partial charge on any atom is -0.483 e. The lowest BCUT2D eigenvalue weighted by Crippen LogP contribution is -2.54. The normalized spacial score (nSPS) is 15.0. The summed E-state index contributed by atoms with van der Waals surface area (Å²) >= 11 is 9.05. The smallest absolute Gasteiger partial charge is 0.261 e. The van der Waals surface area contributed by atoms with Crippen molar-refractivity contribution in [3.8, 4) is 5.75 Å². The van der Waals surface area contributed by atoms with Gasteiger partial charge >= 0.3 is 0 Å². The van der Waals surface area contributed by atoms with Crippen LogP contribution in [0.1, 0.15) is 0 Å². The number of hydrogen-bond donors (Lipinski definition) is 1. The van der Waals surface area contributed by atoms with Gasteiger partial charge < -0.3 is 9.64 Å². The zero-order valence-corrected chi connectivity index (χ0v) is 12.5. The Morgan fingerprint density at radius 1 is 1.35 bits per heavy atom. The number of imide groups is 1. The summed E-state index contributed by atoms with van der Waals surface area (Å²) in [5.74, 6) is -0.977. The average molecular weight is 362 g/mol. The van der Waals surface area contributed by atoms with E-state index in [0.717, 1.165) is 4.90 Å². The monoisotopic (exact) mass is 360 g/mol. The lowest BCUT2D eigenvalue weighted by molar-refractivity contribution is -0.146. The largest absolute Gasteiger partial charge is 0.483 e. The zero-order valence-electron chi connectivity index (χ0n) is 10.2. The molecule has 1 saturated heterocycles. The van der Waals surface area contributed by atoms with Crippen LogP contribution in [0.3, 0.4) is 0 Å². The first-order chi connectivity index (χ1) is 9.45. The van der Waals surface area contributed by atoms with Crippen LogP contribution in [0.2, 0.25) is 5.02 Å². The van der Waals surface area contributed by atoms with Crippen LogP contribution < -0.4 is 10.1 Å². The lowest BCUT2D eigenvalue weighted by Gasteiger charge is -2.25. The number of nitrogens with one attached hydrogen (secondary N) is 1. The van der Waals surface area contributed by atoms with Crippen molar-refractivity contribution in [3.05, 3.63) is 27.7 Å². The van der Waals surface area contributed by atoms with Gasteiger partial charge in [0.25, 0.3) is 5.91 Å². The standard InChI is InChI=1S/C12H10BrClN2O4/c13-8-3-7(14)1-2-9(8)20-6-12(19)16-4-10(17)15-11(18)5-16/h1-3H,4-6H2,(H,15,17,18). The van der Waals surface area contributed by atoms with E-state index in [9.17, 15) is 14.4 Å². The van der Waals surface area contributed by atoms with Crippen LogP contribution in [0.4, 0.5) is 0 Å². The molecule has 0 atom stereocenters. The zero-order chi connectivity index (χ0) is 14.7. The van der Waals surface area contributed by atoms with Crippen molar-refractivity contribution in [1.29, 1.82) is 0 Å². The quantitative estimate of drug-likeness (QED) is 0.814. The van der Waals surface area contributed by atoms with E-state index in [1.54, 1.807) is 18.2 Å². The van der Waals surface area contributed by atoms with E-state index in [0.29, 0.717) is 15.2 Å². The molecule has 106 valence electrons. The minimum atomic E-state index is -0.498. The first kappa shape index (κ1) is 14.8. The minimum absolute atomic E-state index is 0.143. The van der Waals surface area contributed by atoms with E-state index in [4.69, 9.17) is 16.3 Å². The molecule has 2 rings (SSSR count). The molecule has 0 aromatic heterocycles. The number of benzene rings is 1. The van der Waals surface area contributed by atoms with Gasteiger partial charge in [0.05, 0.1) is 4.47 Å². The fourth-order valence-electron chi connectivity index (χ4n) is 1.64. The van der Waals surface area contributed by atoms with Gasteiger partial charge in [-0.15, -0.1) is 0 Å². The lowest BCUT2D eigenvalue weighted by atomic mass is 10.3. The van der Waals surface area contributed by atoms with Crippen LogP contribution in [0.15, 0.2) is 22.7 Å². The second-order valence-corrected chi connectivity index (χ2v) is 5.38. The number of piperazine rings is 1. The highest BCUT2D eigenvalue weighted by atomic mass is 79.9. The molecule has 1 N–H and O–H groups in total. The molecule has 0 bridgehead atoms. The fourth-order valence-corrected chi connectivity index (χ4v) is 2.43. The highest BCUT2D eigenvalue weighted by Crippen LogP contribution is 2.27. The molecule has 0 aliphatic carbocycles. The van der Waals surface area contributed by atoms with Crippen LogP contribution in [0, 0.1) is 0 Å². The molecule has 0 radical (unpaired) electrons. The Labute approximate surface area is 128 Å². The predicted molar refractivity (Wildman–Crippen MR) is 74.4 cm³/mol. The molecular formula is C12H10BrClN2O4. The molecule has 1 aliphatic rings. The maximum Gasteiger partial charge on any atom is 0.261 e. The fraction of sp³-hybridized carbons (Fsp3) is 0.250. The van der Waals surface area contributed by atoms with E-state index in [1.807, 2.05) is 0 Å². The van der Waals surface area contributed by atoms with Crippen LogP contribution in [-0.4, -0.2) is 42.3 Å². The Kier molecular flexibility index (Phi) is 4.61. The number of carbonyl (C=O) groups excluding carboxylic acids is 3. The molecule has 1 aliphatic heterocycles. The topological polar surface area (TPSA) is 75.7 Å². The van der Waals surface area contributed by atoms with Gasteiger partial charge in [-0.1, -0.05) is 11.6 Å². The van der Waals surface area contributed by atoms with Crippen LogP contribution in [0.25, 0.3) is 0 Å². The van der Waals surface area contributed by atoms with Crippen molar-refractivity contribution >= 4 is 45.3 Å². The highest BCUT2D eigenvalue weighted by molar-refractivity contribution is 9.10. The van der Waals surface area contributed by atoms with E-state index < -0.39 is 17.7 Å². The van der Waals surface area contributed by atoms with Gasteiger partial charge in [0.1, 0.15) is 18.8 Å². The molecule has 6 nitrogen and oxygen atoms in total. The Balaban J connectivity index is 1.95. The molecule has 0 saturated carbocycles. The van der Waals surface area contributed by atoms with Crippen molar-refractivity contribution in [2.45, 2.75) is 0 Å². The van der Waals surface area contributed by atoms with Crippen LogP contribution in [-0.2, 0) is 14.4 Å². The van der Waals surface area contributed by atoms with Gasteiger partial charge in [-0.05, 0) is 34.1 Å². The summed E-state index contributed by atoms with van der Waals surface area (Å²) in [5.41, 5.74) is 0. The van der Waals surface area contributed by atoms with Crippen molar-refractivity contribution in [3.63, 3.8) is 0 Å². The Morgan fingerprint density at radius 3 is 2.60 bits per heavy atom. The number of hydrogen-bond acceptors (Lipinski definition) is 4. The van der Waals surface area contributed by atoms with Crippen molar-refractivity contribution in [1.82, 2.24) is 10.2 Å². The van der Waals surface area contributed by atoms with Crippen LogP contribution in [0.5, 0.6) is 5.75 Å². The second-order valence-electron chi connectivity index (χ2n) is 4.08. The number of ether oxygens (including phenoxy) is 1. The highest BCUT2D eigenvalue weighted by Gasteiger charge is 2.26. The summed E-state index contributed by atoms with van der Waals surface area (Å²) in [5, 5.41) is 2.65. The molecule has 0 unspecified atom stereocenters. The summed E-state index contributed by atoms with van der Waals surface area (Å²) in [6, 6.07) is 4.89. The molecule has 0 spiro atoms. The molecule has 20 heavy (non-hydrogen) atoms. The third-order valence-electron chi connectivity index (χ3n) is 2.55. The average Bonchev–Trinajstić information content (AvgIpc) is 2.36. The van der Waals surface area contributed by atoms with E-state index in [1.165, 1.54) is 0 Å². The van der Waals surface area contributed by atoms with E-state index >= 15 is 0 Å². The Morgan fingerprint density at radius 2 is 2.00 bits per heavy atom. The molecule has 1 fully saturated rings. The number of halogens is 2. The van der Waals surface area contributed by atoms with Crippen molar-refractivity contribution in [2.75, 3.05) is 19.7 Å². The number of carbonyl (C=O) groups is 3. The molecule has 1 aromatic rings. The van der Waals surface area contributed by atoms with Gasteiger partial charge in [0.2, 0.25) is 11.8 Å². The van der Waals surface area contributed by atoms with Gasteiger partial charge in [-0.2, -0.15) is 0 Å². The third-order valence-corrected chi connectivity index (χ3v) is 3.40. The summed E-state index contributed by atoms with van der Waals surface area (Å²) in [6.07, 6.45) is 0. The summed E-state index contributed by atoms with van der Waals surface area (Å²) in [6.45, 7) is -0.549. The maximum atomic E-state index is 11.9. The second kappa shape index (κ2) is 6.23. The Bertz CT molecular complexity index is 563. The SMILES string of the molecule is O=C1CN(C(=O)COc2ccc(Cl)cc2Br)CC(=O)N1. The van der Waals surface area contributed by atoms with Gasteiger partial charge in [-0.3, -0.25) is 19.7 Å². The van der Waals surface area contributed by atoms with Gasteiger partial charge in [0.15, 0.2) is 6.61 Å².